The highest BCUT2D eigenvalue weighted by Crippen LogP contribution is 2.46. The summed E-state index contributed by atoms with van der Waals surface area (Å²) < 4.78 is 17.4. The number of rotatable bonds is 7. The summed E-state index contributed by atoms with van der Waals surface area (Å²) in [7, 11) is 0. The summed E-state index contributed by atoms with van der Waals surface area (Å²) in [6, 6.07) is 7.21. The molecule has 1 atom stereocenters. The zero-order valence-electron chi connectivity index (χ0n) is 18.6. The maximum atomic E-state index is 11.2. The molecule has 12 heteroatoms. The fourth-order valence-electron chi connectivity index (χ4n) is 4.48. The first-order valence-electron chi connectivity index (χ1n) is 11.6. The summed E-state index contributed by atoms with van der Waals surface area (Å²) in [4.78, 5) is 18.0. The molecule has 2 aliphatic heterocycles. The van der Waals surface area contributed by atoms with Crippen molar-refractivity contribution in [3.8, 4) is 11.3 Å². The zero-order chi connectivity index (χ0) is 23.9. The number of anilines is 1. The lowest BCUT2D eigenvalue weighted by atomic mass is 10.0. The third kappa shape index (κ3) is 4.58. The molecule has 3 aromatic rings. The monoisotopic (exact) mass is 519 g/mol. The van der Waals surface area contributed by atoms with Crippen LogP contribution in [0.4, 0.5) is 10.6 Å². The number of piperidine rings is 1. The van der Waals surface area contributed by atoms with E-state index in [1.807, 2.05) is 6.07 Å². The maximum Gasteiger partial charge on any atom is 0.427 e. The number of carbonyl (C=O) groups is 1. The van der Waals surface area contributed by atoms with Gasteiger partial charge in [-0.15, -0.1) is 5.48 Å². The normalized spacial score (nSPS) is 20.8. The molecule has 10 nitrogen and oxygen atoms in total. The molecule has 3 fully saturated rings. The highest BCUT2D eigenvalue weighted by atomic mass is 35.5. The molecule has 2 saturated heterocycles. The van der Waals surface area contributed by atoms with Gasteiger partial charge < -0.3 is 23.5 Å². The first-order chi connectivity index (χ1) is 17.1. The Labute approximate surface area is 210 Å². The molecule has 4 heterocycles. The molecule has 1 aliphatic carbocycles. The van der Waals surface area contributed by atoms with Gasteiger partial charge in [0.05, 0.1) is 22.8 Å². The molecular formula is C23H23Cl2N5O5. The Morgan fingerprint density at radius 3 is 2.54 bits per heavy atom. The second kappa shape index (κ2) is 9.34. The summed E-state index contributed by atoms with van der Waals surface area (Å²) in [5.74, 6) is 2.45. The van der Waals surface area contributed by atoms with Crippen molar-refractivity contribution in [1.29, 1.82) is 0 Å². The molecule has 1 saturated carbocycles. The van der Waals surface area contributed by atoms with Crippen LogP contribution < -0.4 is 15.7 Å². The number of halogens is 2. The van der Waals surface area contributed by atoms with Gasteiger partial charge in [0.15, 0.2) is 17.7 Å². The molecule has 0 radical (unpaired) electrons. The molecule has 35 heavy (non-hydrogen) atoms. The van der Waals surface area contributed by atoms with Gasteiger partial charge in [0.2, 0.25) is 0 Å². The Morgan fingerprint density at radius 1 is 1.09 bits per heavy atom. The van der Waals surface area contributed by atoms with E-state index in [0.717, 1.165) is 50.1 Å². The summed E-state index contributed by atoms with van der Waals surface area (Å²) in [5, 5.41) is 12.1. The van der Waals surface area contributed by atoms with Gasteiger partial charge >= 0.3 is 6.09 Å². The Hall–Kier alpha value is -2.79. The number of amides is 1. The van der Waals surface area contributed by atoms with Gasteiger partial charge in [-0.1, -0.05) is 39.6 Å². The van der Waals surface area contributed by atoms with Gasteiger partial charge in [0.1, 0.15) is 11.5 Å². The summed E-state index contributed by atoms with van der Waals surface area (Å²) >= 11 is 12.9. The third-order valence-electron chi connectivity index (χ3n) is 6.53. The zero-order valence-corrected chi connectivity index (χ0v) is 20.1. The van der Waals surface area contributed by atoms with E-state index in [0.29, 0.717) is 45.4 Å². The van der Waals surface area contributed by atoms with E-state index in [9.17, 15) is 4.79 Å². The quantitative estimate of drug-likeness (QED) is 0.447. The Kier molecular flexibility index (Phi) is 6.05. The second-order valence-corrected chi connectivity index (χ2v) is 9.73. The molecule has 2 N–H and O–H groups in total. The van der Waals surface area contributed by atoms with Gasteiger partial charge in [-0.2, -0.15) is 0 Å². The maximum absolute atomic E-state index is 11.2. The number of benzene rings is 1. The van der Waals surface area contributed by atoms with Gasteiger partial charge in [-0.3, -0.25) is 5.32 Å². The van der Waals surface area contributed by atoms with Crippen LogP contribution in [0.15, 0.2) is 33.3 Å². The van der Waals surface area contributed by atoms with Gasteiger partial charge in [0.25, 0.3) is 0 Å². The van der Waals surface area contributed by atoms with Crippen molar-refractivity contribution in [2.45, 2.75) is 50.5 Å². The first kappa shape index (κ1) is 22.7. The van der Waals surface area contributed by atoms with Crippen molar-refractivity contribution in [3.63, 3.8) is 0 Å². The third-order valence-corrected chi connectivity index (χ3v) is 7.16. The lowest BCUT2D eigenvalue weighted by Crippen LogP contribution is -2.37. The fraction of sp³-hybridized carbons (Fsp3) is 0.435. The molecule has 2 aromatic heterocycles. The van der Waals surface area contributed by atoms with Crippen LogP contribution in [0, 0.1) is 0 Å². The highest BCUT2D eigenvalue weighted by Gasteiger charge is 2.34. The van der Waals surface area contributed by atoms with Crippen molar-refractivity contribution >= 4 is 35.1 Å². The number of hydroxylamine groups is 1. The minimum Gasteiger partial charge on any atom is -0.373 e. The number of carbonyl (C=O) groups excluding carboxylic acids is 1. The van der Waals surface area contributed by atoms with Crippen LogP contribution >= 0.6 is 23.2 Å². The van der Waals surface area contributed by atoms with Gasteiger partial charge in [-0.05, 0) is 37.8 Å². The highest BCUT2D eigenvalue weighted by molar-refractivity contribution is 6.39. The summed E-state index contributed by atoms with van der Waals surface area (Å²) in [6.45, 7) is 1.91. The lowest BCUT2D eigenvalue weighted by molar-refractivity contribution is 0.0245. The molecule has 0 spiro atoms. The van der Waals surface area contributed by atoms with Crippen LogP contribution in [0.25, 0.3) is 11.3 Å². The van der Waals surface area contributed by atoms with Crippen LogP contribution in [-0.4, -0.2) is 35.6 Å². The van der Waals surface area contributed by atoms with Crippen molar-refractivity contribution < 1.29 is 23.4 Å². The molecule has 1 unspecified atom stereocenters. The van der Waals surface area contributed by atoms with E-state index in [4.69, 9.17) is 37.0 Å². The molecule has 1 aromatic carbocycles. The number of nitrogens with zero attached hydrogens (tertiary/aromatic N) is 3. The number of aromatic nitrogens is 2. The van der Waals surface area contributed by atoms with E-state index < -0.39 is 12.3 Å². The van der Waals surface area contributed by atoms with E-state index in [2.05, 4.69) is 30.8 Å². The number of ether oxygens (including phenoxy) is 1. The van der Waals surface area contributed by atoms with E-state index in [1.165, 1.54) is 0 Å². The molecule has 1 amide bonds. The lowest BCUT2D eigenvalue weighted by Gasteiger charge is -2.31. The average molecular weight is 520 g/mol. The Bertz CT molecular complexity index is 1210. The number of hydrogen-bond donors (Lipinski definition) is 2. The predicted molar refractivity (Wildman–Crippen MR) is 126 cm³/mol. The van der Waals surface area contributed by atoms with Crippen LogP contribution in [0.3, 0.4) is 0 Å². The van der Waals surface area contributed by atoms with Gasteiger partial charge in [-0.25, -0.2) is 4.79 Å². The first-order valence-corrected chi connectivity index (χ1v) is 12.3. The van der Waals surface area contributed by atoms with Gasteiger partial charge in [0, 0.05) is 36.2 Å². The average Bonchev–Trinajstić information content (AvgIpc) is 3.23. The summed E-state index contributed by atoms with van der Waals surface area (Å²) in [5.41, 5.74) is 4.82. The predicted octanol–water partition coefficient (Wildman–Crippen LogP) is 4.94. The molecule has 0 bridgehead atoms. The van der Waals surface area contributed by atoms with Crippen LogP contribution in [0.5, 0.6) is 0 Å². The molecule has 6 rings (SSSR count). The van der Waals surface area contributed by atoms with Crippen molar-refractivity contribution in [3.05, 3.63) is 51.4 Å². The number of nitrogens with one attached hydrogen (secondary N) is 2. The Balaban J connectivity index is 1.10. The minimum absolute atomic E-state index is 0.0818. The molecular weight excluding hydrogens is 497 g/mol. The fourth-order valence-corrected chi connectivity index (χ4v) is 5.06. The van der Waals surface area contributed by atoms with Crippen molar-refractivity contribution in [2.24, 2.45) is 0 Å². The van der Waals surface area contributed by atoms with Crippen molar-refractivity contribution in [1.82, 2.24) is 21.1 Å². The van der Waals surface area contributed by atoms with Crippen LogP contribution in [-0.2, 0) is 16.2 Å². The van der Waals surface area contributed by atoms with E-state index >= 15 is 0 Å². The standard InChI is InChI=1S/C23H23Cl2N5O5/c24-15-2-1-3-16(25)19(15)20-14(21(34-28-20)12-4-5-12)11-32-13-6-8-30(9-7-13)18-10-17(33-27-18)22-26-23(31)35-29-22/h1-3,10,12-13,22,29H,4-9,11H2,(H,26,31). The van der Waals surface area contributed by atoms with E-state index in [-0.39, 0.29) is 6.10 Å². The van der Waals surface area contributed by atoms with Crippen LogP contribution in [0.2, 0.25) is 10.0 Å². The smallest absolute Gasteiger partial charge is 0.373 e. The van der Waals surface area contributed by atoms with Crippen LogP contribution in [0.1, 0.15) is 54.9 Å². The topological polar surface area (TPSA) is 115 Å². The van der Waals surface area contributed by atoms with Crippen molar-refractivity contribution in [2.75, 3.05) is 18.0 Å². The SMILES string of the molecule is O=C1NC(c2cc(N3CCC(OCc4c(-c5c(Cl)cccc5Cl)noc4C4CC4)CC3)no2)NO1. The summed E-state index contributed by atoms with van der Waals surface area (Å²) in [6.07, 6.45) is 2.81. The Morgan fingerprint density at radius 2 is 1.86 bits per heavy atom. The molecule has 3 aliphatic rings. The number of hydrogen-bond acceptors (Lipinski definition) is 9. The second-order valence-electron chi connectivity index (χ2n) is 8.91. The van der Waals surface area contributed by atoms with E-state index in [1.54, 1.807) is 18.2 Å². The largest absolute Gasteiger partial charge is 0.427 e. The molecule has 184 valence electrons. The minimum atomic E-state index is -0.552.